The van der Waals surface area contributed by atoms with Crippen molar-refractivity contribution < 1.29 is 27.8 Å². The van der Waals surface area contributed by atoms with E-state index in [1.807, 2.05) is 0 Å². The molecule has 1 aromatic carbocycles. The van der Waals surface area contributed by atoms with Gasteiger partial charge >= 0.3 is 12.3 Å². The second-order valence-corrected chi connectivity index (χ2v) is 5.37. The number of ether oxygens (including phenoxy) is 1. The van der Waals surface area contributed by atoms with Gasteiger partial charge in [-0.2, -0.15) is 0 Å². The summed E-state index contributed by atoms with van der Waals surface area (Å²) in [4.78, 5) is 14.5. The number of anilines is 2. The maximum absolute atomic E-state index is 12.1. The Hall–Kier alpha value is -1.81. The molecule has 0 aliphatic heterocycles. The number of carboxylic acids is 1. The van der Waals surface area contributed by atoms with E-state index in [0.717, 1.165) is 17.4 Å². The quantitative estimate of drug-likeness (QED) is 0.826. The number of alkyl halides is 3. The van der Waals surface area contributed by atoms with E-state index >= 15 is 0 Å². The average molecular weight is 383 g/mol. The van der Waals surface area contributed by atoms with Crippen molar-refractivity contribution in [2.24, 2.45) is 0 Å². The van der Waals surface area contributed by atoms with Crippen molar-refractivity contribution in [3.63, 3.8) is 0 Å². The van der Waals surface area contributed by atoms with Crippen molar-refractivity contribution in [3.8, 4) is 5.75 Å². The fourth-order valence-electron chi connectivity index (χ4n) is 1.34. The van der Waals surface area contributed by atoms with Crippen LogP contribution in [0, 0.1) is 0 Å². The van der Waals surface area contributed by atoms with Crippen LogP contribution in [0.3, 0.4) is 0 Å². The number of benzene rings is 1. The van der Waals surface area contributed by atoms with Gasteiger partial charge in [-0.05, 0) is 34.1 Å². The van der Waals surface area contributed by atoms with Crippen LogP contribution in [0.1, 0.15) is 10.5 Å². The van der Waals surface area contributed by atoms with Gasteiger partial charge in [-0.3, -0.25) is 0 Å². The van der Waals surface area contributed by atoms with Gasteiger partial charge < -0.3 is 15.2 Å². The number of aromatic carboxylic acids is 1. The topological polar surface area (TPSA) is 71.5 Å². The van der Waals surface area contributed by atoms with Gasteiger partial charge in [0.1, 0.15) is 5.75 Å². The van der Waals surface area contributed by atoms with E-state index in [2.05, 4.69) is 31.0 Å². The lowest BCUT2D eigenvalue weighted by Gasteiger charge is -2.11. The second-order valence-electron chi connectivity index (χ2n) is 3.66. The van der Waals surface area contributed by atoms with Crippen LogP contribution in [-0.2, 0) is 0 Å². The molecule has 10 heteroatoms. The summed E-state index contributed by atoms with van der Waals surface area (Å²) in [7, 11) is 0. The lowest BCUT2D eigenvalue weighted by molar-refractivity contribution is -0.274. The first-order valence-corrected chi connectivity index (χ1v) is 6.93. The van der Waals surface area contributed by atoms with Crippen molar-refractivity contribution in [2.75, 3.05) is 5.32 Å². The zero-order chi connectivity index (χ0) is 15.6. The van der Waals surface area contributed by atoms with Crippen LogP contribution in [0.5, 0.6) is 5.75 Å². The normalized spacial score (nSPS) is 11.2. The first-order valence-electron chi connectivity index (χ1n) is 5.26. The first-order chi connectivity index (χ1) is 9.74. The number of carbonyl (C=O) groups is 1. The summed E-state index contributed by atoms with van der Waals surface area (Å²) >= 11 is 4.03. The van der Waals surface area contributed by atoms with Crippen LogP contribution in [-0.4, -0.2) is 22.4 Å². The smallest absolute Gasteiger partial charge is 0.476 e. The van der Waals surface area contributed by atoms with Gasteiger partial charge in [0, 0.05) is 11.1 Å². The van der Waals surface area contributed by atoms with Gasteiger partial charge in [-0.25, -0.2) is 9.78 Å². The summed E-state index contributed by atoms with van der Waals surface area (Å²) < 4.78 is 40.3. The molecule has 0 saturated carbocycles. The van der Waals surface area contributed by atoms with E-state index in [9.17, 15) is 18.0 Å². The number of nitrogens with zero attached hydrogens (tertiary/aromatic N) is 1. The summed E-state index contributed by atoms with van der Waals surface area (Å²) in [6.45, 7) is 0. The molecule has 0 aliphatic carbocycles. The third kappa shape index (κ3) is 4.33. The Labute approximate surface area is 128 Å². The van der Waals surface area contributed by atoms with Crippen LogP contribution in [0.15, 0.2) is 28.1 Å². The molecule has 2 aromatic rings. The second kappa shape index (κ2) is 5.90. The monoisotopic (exact) mass is 382 g/mol. The Balaban J connectivity index is 2.14. The third-order valence-corrected chi connectivity index (χ3v) is 3.51. The predicted molar refractivity (Wildman–Crippen MR) is 73.2 cm³/mol. The van der Waals surface area contributed by atoms with E-state index in [0.29, 0.717) is 10.8 Å². The molecular formula is C11H6BrF3N2O3S. The van der Waals surface area contributed by atoms with Crippen molar-refractivity contribution in [2.45, 2.75) is 6.36 Å². The molecule has 0 bridgehead atoms. The van der Waals surface area contributed by atoms with Crippen molar-refractivity contribution in [1.82, 2.24) is 4.98 Å². The van der Waals surface area contributed by atoms with Gasteiger partial charge in [0.2, 0.25) is 0 Å². The minimum Gasteiger partial charge on any atom is -0.476 e. The molecule has 112 valence electrons. The van der Waals surface area contributed by atoms with Gasteiger partial charge in [0.25, 0.3) is 0 Å². The Morgan fingerprint density at radius 1 is 1.43 bits per heavy atom. The zero-order valence-corrected chi connectivity index (χ0v) is 12.3. The number of hydrogen-bond acceptors (Lipinski definition) is 5. The fraction of sp³-hybridized carbons (Fsp3) is 0.0909. The highest BCUT2D eigenvalue weighted by molar-refractivity contribution is 9.10. The maximum Gasteiger partial charge on any atom is 0.573 e. The van der Waals surface area contributed by atoms with Gasteiger partial charge in [0.15, 0.2) is 10.8 Å². The molecule has 0 saturated heterocycles. The molecule has 0 aliphatic rings. The molecule has 0 radical (unpaired) electrons. The number of halogens is 4. The van der Waals surface area contributed by atoms with E-state index in [1.54, 1.807) is 0 Å². The lowest BCUT2D eigenvalue weighted by Crippen LogP contribution is -2.17. The van der Waals surface area contributed by atoms with E-state index in [-0.39, 0.29) is 15.9 Å². The van der Waals surface area contributed by atoms with E-state index in [4.69, 9.17) is 5.11 Å². The van der Waals surface area contributed by atoms with Crippen LogP contribution in [0.4, 0.5) is 24.0 Å². The number of carboxylic acid groups (broad SMARTS) is 1. The minimum atomic E-state index is -4.77. The molecule has 21 heavy (non-hydrogen) atoms. The number of thiazole rings is 1. The van der Waals surface area contributed by atoms with Crippen molar-refractivity contribution in [1.29, 1.82) is 0 Å². The Morgan fingerprint density at radius 2 is 2.14 bits per heavy atom. The SMILES string of the molecule is O=C(O)c1csc(Nc2ccc(OC(F)(F)F)c(Br)c2)n1. The molecule has 0 fully saturated rings. The number of hydrogen-bond donors (Lipinski definition) is 2. The molecule has 2 rings (SSSR count). The fourth-order valence-corrected chi connectivity index (χ4v) is 2.50. The van der Waals surface area contributed by atoms with Crippen LogP contribution < -0.4 is 10.1 Å². The summed E-state index contributed by atoms with van der Waals surface area (Å²) in [6, 6.07) is 3.85. The molecule has 0 spiro atoms. The average Bonchev–Trinajstić information content (AvgIpc) is 2.80. The van der Waals surface area contributed by atoms with Gasteiger partial charge in [0.05, 0.1) is 4.47 Å². The van der Waals surface area contributed by atoms with E-state index < -0.39 is 12.3 Å². The summed E-state index contributed by atoms with van der Waals surface area (Å²) in [6.07, 6.45) is -4.77. The molecule has 5 nitrogen and oxygen atoms in total. The van der Waals surface area contributed by atoms with Crippen LogP contribution in [0.25, 0.3) is 0 Å². The van der Waals surface area contributed by atoms with E-state index in [1.165, 1.54) is 17.5 Å². The van der Waals surface area contributed by atoms with Crippen molar-refractivity contribution >= 4 is 44.1 Å². The van der Waals surface area contributed by atoms with Gasteiger partial charge in [-0.1, -0.05) is 0 Å². The first kappa shape index (κ1) is 15.6. The standard InChI is InChI=1S/C11H6BrF3N2O3S/c12-6-3-5(1-2-8(6)20-11(13,14)15)16-10-17-7(4-21-10)9(18)19/h1-4H,(H,16,17)(H,18,19). The molecule has 0 unspecified atom stereocenters. The molecule has 0 amide bonds. The summed E-state index contributed by atoms with van der Waals surface area (Å²) in [5.74, 6) is -1.53. The summed E-state index contributed by atoms with van der Waals surface area (Å²) in [5.41, 5.74) is 0.321. The predicted octanol–water partition coefficient (Wildman–Crippen LogP) is 4.25. The molecule has 2 N–H and O–H groups in total. The number of rotatable bonds is 4. The Morgan fingerprint density at radius 3 is 2.67 bits per heavy atom. The van der Waals surface area contributed by atoms with Crippen LogP contribution in [0.2, 0.25) is 0 Å². The lowest BCUT2D eigenvalue weighted by atomic mass is 10.3. The highest BCUT2D eigenvalue weighted by Gasteiger charge is 2.31. The highest BCUT2D eigenvalue weighted by atomic mass is 79.9. The Kier molecular flexibility index (Phi) is 4.37. The Bertz CT molecular complexity index is 675. The third-order valence-electron chi connectivity index (χ3n) is 2.13. The molecule has 0 atom stereocenters. The van der Waals surface area contributed by atoms with Crippen molar-refractivity contribution in [3.05, 3.63) is 33.7 Å². The largest absolute Gasteiger partial charge is 0.573 e. The molecule has 1 aromatic heterocycles. The number of aromatic nitrogens is 1. The van der Waals surface area contributed by atoms with Crippen LogP contribution >= 0.6 is 27.3 Å². The molecular weight excluding hydrogens is 377 g/mol. The van der Waals surface area contributed by atoms with Gasteiger partial charge in [-0.15, -0.1) is 24.5 Å². The number of nitrogens with one attached hydrogen (secondary N) is 1. The maximum atomic E-state index is 12.1. The summed E-state index contributed by atoms with van der Waals surface area (Å²) in [5, 5.41) is 13.2. The molecule has 1 heterocycles. The zero-order valence-electron chi connectivity index (χ0n) is 9.94. The minimum absolute atomic E-state index is 0.0971. The highest BCUT2D eigenvalue weighted by Crippen LogP contribution is 2.33.